The molecule has 1 N–H and O–H groups in total. The van der Waals surface area contributed by atoms with Gasteiger partial charge in [0.05, 0.1) is 5.41 Å². The van der Waals surface area contributed by atoms with E-state index in [2.05, 4.69) is 70.5 Å². The third kappa shape index (κ3) is 7.76. The van der Waals surface area contributed by atoms with E-state index in [1.807, 2.05) is 12.1 Å². The summed E-state index contributed by atoms with van der Waals surface area (Å²) < 4.78 is 0. The average molecular weight is 567 g/mol. The molecule has 0 saturated carbocycles. The smallest absolute Gasteiger partial charge is 0.313 e. The summed E-state index contributed by atoms with van der Waals surface area (Å²) in [5, 5.41) is 9.58. The fourth-order valence-electron chi connectivity index (χ4n) is 6.51. The number of aliphatic carboxylic acids is 1. The van der Waals surface area contributed by atoms with Crippen LogP contribution in [0.25, 0.3) is 0 Å². The number of benzene rings is 3. The summed E-state index contributed by atoms with van der Waals surface area (Å²) in [5.41, 5.74) is 6.13. The third-order valence-corrected chi connectivity index (χ3v) is 9.48. The van der Waals surface area contributed by atoms with Gasteiger partial charge in [0.1, 0.15) is 0 Å². The van der Waals surface area contributed by atoms with E-state index < -0.39 is 11.4 Å². The first kappa shape index (κ1) is 30.2. The molecular weight excluding hydrogens is 520 g/mol. The van der Waals surface area contributed by atoms with Gasteiger partial charge in [-0.2, -0.15) is 0 Å². The molecule has 0 spiro atoms. The van der Waals surface area contributed by atoms with Crippen molar-refractivity contribution in [1.29, 1.82) is 0 Å². The van der Waals surface area contributed by atoms with Gasteiger partial charge in [0.25, 0.3) is 0 Å². The van der Waals surface area contributed by atoms with Crippen molar-refractivity contribution >= 4 is 11.8 Å². The Morgan fingerprint density at radius 3 is 2.19 bits per heavy atom. The summed E-state index contributed by atoms with van der Waals surface area (Å²) in [7, 11) is 0. The highest BCUT2D eigenvalue weighted by Gasteiger charge is 2.29. The number of nitrogens with zero attached hydrogens (tertiary/aromatic N) is 2. The Hall–Kier alpha value is -3.28. The van der Waals surface area contributed by atoms with Crippen LogP contribution in [0.3, 0.4) is 0 Å². The van der Waals surface area contributed by atoms with Crippen molar-refractivity contribution in [2.75, 3.05) is 26.2 Å². The predicted octanol–water partition coefficient (Wildman–Crippen LogP) is 6.91. The number of fused-ring (bicyclic) bond motifs is 1. The Kier molecular flexibility index (Phi) is 9.91. The predicted molar refractivity (Wildman–Crippen MR) is 169 cm³/mol. The topological polar surface area (TPSA) is 60.9 Å². The molecule has 3 aromatic carbocycles. The fourth-order valence-corrected chi connectivity index (χ4v) is 6.51. The van der Waals surface area contributed by atoms with Crippen LogP contribution >= 0.6 is 0 Å². The van der Waals surface area contributed by atoms with E-state index >= 15 is 0 Å². The number of carboxylic acids is 1. The maximum Gasteiger partial charge on any atom is 0.313 e. The van der Waals surface area contributed by atoms with Gasteiger partial charge in [-0.1, -0.05) is 66.7 Å². The maximum atomic E-state index is 13.1. The minimum atomic E-state index is -0.886. The second kappa shape index (κ2) is 13.8. The lowest BCUT2D eigenvalue weighted by Gasteiger charge is -2.32. The van der Waals surface area contributed by atoms with Crippen molar-refractivity contribution in [3.8, 4) is 0 Å². The van der Waals surface area contributed by atoms with Crippen LogP contribution in [-0.4, -0.2) is 52.8 Å². The number of carbonyl (C=O) groups excluding carboxylic acids is 1. The molecule has 5 heteroatoms. The molecule has 1 saturated heterocycles. The summed E-state index contributed by atoms with van der Waals surface area (Å²) in [5.74, 6) is 0.158. The van der Waals surface area contributed by atoms with Crippen molar-refractivity contribution in [1.82, 2.24) is 9.80 Å². The highest BCUT2D eigenvalue weighted by Crippen LogP contribution is 2.27. The molecule has 222 valence electrons. The molecule has 0 amide bonds. The van der Waals surface area contributed by atoms with E-state index in [4.69, 9.17) is 0 Å². The number of hydrogen-bond acceptors (Lipinski definition) is 4. The summed E-state index contributed by atoms with van der Waals surface area (Å²) in [6.45, 7) is 9.56. The molecule has 5 nitrogen and oxygen atoms in total. The quantitative estimate of drug-likeness (QED) is 0.256. The minimum Gasteiger partial charge on any atom is -0.481 e. The van der Waals surface area contributed by atoms with Crippen LogP contribution in [0.1, 0.15) is 84.1 Å². The highest BCUT2D eigenvalue weighted by atomic mass is 16.4. The molecule has 0 bridgehead atoms. The molecule has 1 fully saturated rings. The van der Waals surface area contributed by atoms with Crippen LogP contribution in [-0.2, 0) is 36.1 Å². The van der Waals surface area contributed by atoms with Gasteiger partial charge in [0, 0.05) is 38.2 Å². The molecule has 0 radical (unpaired) electrons. The number of piperidine rings is 1. The number of rotatable bonds is 11. The number of Topliss-reactive ketones (excluding diaryl/α,β-unsaturated/α-hetero) is 1. The van der Waals surface area contributed by atoms with Gasteiger partial charge in [-0.25, -0.2) is 0 Å². The standard InChI is InChI=1S/C37H46N2O3/c1-37(2,36(41)42)34-12-6-11-30(24-34)27-38-20-16-28(17-21-38)10-7-13-35(40)33-15-14-31-18-22-39(23-19-32(31)25-33)26-29-8-4-3-5-9-29/h3-6,8-9,11-12,14-15,24-25,28H,7,10,13,16-23,26-27H2,1-2H3,(H,41,42). The van der Waals surface area contributed by atoms with E-state index in [0.717, 1.165) is 88.9 Å². The molecule has 3 aromatic rings. The Morgan fingerprint density at radius 1 is 0.786 bits per heavy atom. The van der Waals surface area contributed by atoms with Crippen molar-refractivity contribution < 1.29 is 14.7 Å². The number of hydrogen-bond donors (Lipinski definition) is 1. The van der Waals surface area contributed by atoms with Crippen molar-refractivity contribution in [3.05, 3.63) is 106 Å². The van der Waals surface area contributed by atoms with Crippen molar-refractivity contribution in [2.24, 2.45) is 5.92 Å². The Morgan fingerprint density at radius 2 is 1.45 bits per heavy atom. The second-order valence-electron chi connectivity index (χ2n) is 12.9. The highest BCUT2D eigenvalue weighted by molar-refractivity contribution is 5.96. The zero-order chi connectivity index (χ0) is 29.5. The average Bonchev–Trinajstić information content (AvgIpc) is 3.20. The van der Waals surface area contributed by atoms with Gasteiger partial charge in [-0.05, 0) is 105 Å². The fraction of sp³-hybridized carbons (Fsp3) is 0.459. The van der Waals surface area contributed by atoms with Gasteiger partial charge in [0.2, 0.25) is 0 Å². The van der Waals surface area contributed by atoms with Crippen molar-refractivity contribution in [2.45, 2.75) is 77.3 Å². The molecule has 0 unspecified atom stereocenters. The lowest BCUT2D eigenvalue weighted by Crippen LogP contribution is -2.33. The van der Waals surface area contributed by atoms with Gasteiger partial charge in [-0.3, -0.25) is 19.4 Å². The Labute approximate surface area is 251 Å². The Balaban J connectivity index is 1.04. The molecule has 2 aliphatic heterocycles. The van der Waals surface area contributed by atoms with E-state index in [-0.39, 0.29) is 5.78 Å². The molecule has 2 aliphatic rings. The lowest BCUT2D eigenvalue weighted by molar-refractivity contribution is -0.142. The zero-order valence-electron chi connectivity index (χ0n) is 25.4. The first-order chi connectivity index (χ1) is 20.3. The Bertz CT molecular complexity index is 1360. The van der Waals surface area contributed by atoms with Gasteiger partial charge in [0.15, 0.2) is 5.78 Å². The van der Waals surface area contributed by atoms with Crippen LogP contribution in [0, 0.1) is 5.92 Å². The van der Waals surface area contributed by atoms with E-state index in [0.29, 0.717) is 12.3 Å². The van der Waals surface area contributed by atoms with Crippen LogP contribution in [0.4, 0.5) is 0 Å². The van der Waals surface area contributed by atoms with E-state index in [1.54, 1.807) is 13.8 Å². The minimum absolute atomic E-state index is 0.282. The third-order valence-electron chi connectivity index (χ3n) is 9.48. The summed E-state index contributed by atoms with van der Waals surface area (Å²) in [6, 6.07) is 25.1. The molecule has 5 rings (SSSR count). The summed E-state index contributed by atoms with van der Waals surface area (Å²) in [4.78, 5) is 29.8. The summed E-state index contributed by atoms with van der Waals surface area (Å²) >= 11 is 0. The lowest BCUT2D eigenvalue weighted by atomic mass is 9.84. The first-order valence-corrected chi connectivity index (χ1v) is 15.7. The first-order valence-electron chi connectivity index (χ1n) is 15.7. The second-order valence-corrected chi connectivity index (χ2v) is 12.9. The maximum absolute atomic E-state index is 13.1. The van der Waals surface area contributed by atoms with Crippen molar-refractivity contribution in [3.63, 3.8) is 0 Å². The number of carbonyl (C=O) groups is 2. The number of ketones is 1. The molecule has 0 atom stereocenters. The van der Waals surface area contributed by atoms with E-state index in [1.165, 1.54) is 22.3 Å². The SMILES string of the molecule is CC(C)(C(=O)O)c1cccc(CN2CCC(CCCC(=O)c3ccc4c(c3)CCN(Cc3ccccc3)CC4)CC2)c1. The van der Waals surface area contributed by atoms with Crippen LogP contribution in [0.2, 0.25) is 0 Å². The van der Waals surface area contributed by atoms with E-state index in [9.17, 15) is 14.7 Å². The zero-order valence-corrected chi connectivity index (χ0v) is 25.4. The molecular formula is C37H46N2O3. The summed E-state index contributed by atoms with van der Waals surface area (Å²) in [6.07, 6.45) is 7.06. The molecule has 0 aromatic heterocycles. The normalized spacial score (nSPS) is 17.0. The van der Waals surface area contributed by atoms with Crippen LogP contribution < -0.4 is 0 Å². The molecule has 2 heterocycles. The van der Waals surface area contributed by atoms with Gasteiger partial charge in [-0.15, -0.1) is 0 Å². The van der Waals surface area contributed by atoms with Crippen LogP contribution in [0.15, 0.2) is 72.8 Å². The monoisotopic (exact) mass is 566 g/mol. The molecule has 42 heavy (non-hydrogen) atoms. The molecule has 0 aliphatic carbocycles. The largest absolute Gasteiger partial charge is 0.481 e. The van der Waals surface area contributed by atoms with Gasteiger partial charge < -0.3 is 5.11 Å². The van der Waals surface area contributed by atoms with Gasteiger partial charge >= 0.3 is 5.97 Å². The number of likely N-dealkylation sites (tertiary alicyclic amines) is 1. The number of carboxylic acid groups (broad SMARTS) is 1. The van der Waals surface area contributed by atoms with Crippen LogP contribution in [0.5, 0.6) is 0 Å².